The van der Waals surface area contributed by atoms with E-state index in [0.29, 0.717) is 75.5 Å². The van der Waals surface area contributed by atoms with Crippen molar-refractivity contribution in [2.75, 3.05) is 0 Å². The second kappa shape index (κ2) is 28.1. The van der Waals surface area contributed by atoms with Crippen molar-refractivity contribution in [3.63, 3.8) is 0 Å². The average Bonchev–Trinajstić information content (AvgIpc) is 1.57. The van der Waals surface area contributed by atoms with Crippen molar-refractivity contribution in [2.45, 2.75) is 0 Å². The van der Waals surface area contributed by atoms with Crippen molar-refractivity contribution >= 4 is 43.6 Å². The molecule has 0 saturated carbocycles. The van der Waals surface area contributed by atoms with Gasteiger partial charge in [-0.15, -0.1) is 0 Å². The molecule has 522 valence electrons. The van der Waals surface area contributed by atoms with Crippen LogP contribution in [0.2, 0.25) is 0 Å². The molecule has 112 heavy (non-hydrogen) atoms. The quantitative estimate of drug-likeness (QED) is 0.0938. The van der Waals surface area contributed by atoms with Gasteiger partial charge in [0, 0.05) is 112 Å². The van der Waals surface area contributed by atoms with Gasteiger partial charge in [-0.2, -0.15) is 5.26 Å². The third-order valence-electron chi connectivity index (χ3n) is 20.1. The fourth-order valence-electron chi connectivity index (χ4n) is 14.7. The van der Waals surface area contributed by atoms with Crippen LogP contribution < -0.4 is 0 Å². The minimum absolute atomic E-state index is 0.455. The molecule has 0 fully saturated rings. The lowest BCUT2D eigenvalue weighted by molar-refractivity contribution is 1.07. The monoisotopic (exact) mass is 1430 g/mol. The summed E-state index contributed by atoms with van der Waals surface area (Å²) in [5, 5.41) is 14.7. The van der Waals surface area contributed by atoms with Gasteiger partial charge in [0.25, 0.3) is 0 Å². The minimum atomic E-state index is 0.455. The Morgan fingerprint density at radius 1 is 0.205 bits per heavy atom. The zero-order chi connectivity index (χ0) is 74.4. The van der Waals surface area contributed by atoms with Crippen LogP contribution in [0.25, 0.3) is 203 Å². The average molecular weight is 1440 g/mol. The topological polar surface area (TPSA) is 201 Å². The van der Waals surface area contributed by atoms with Gasteiger partial charge in [-0.05, 0) is 91.0 Å². The maximum Gasteiger partial charge on any atom is 0.164 e. The number of rotatable bonds is 15. The number of nitriles is 1. The number of hydrogen-bond acceptors (Lipinski definition) is 14. The number of benzene rings is 13. The first-order valence-corrected chi connectivity index (χ1v) is 36.6. The molecule has 0 N–H and O–H groups in total. The van der Waals surface area contributed by atoms with E-state index < -0.39 is 0 Å². The SMILES string of the molecule is N#Cc1ccc(-c2cnccc2-n2c3ccc(-c4nc(-c5ccccc5)nc(-c5ccccc5)n4)cc3c3cc(-c4nc(-c5ccccc5)nc(-c5ccccc5)n4)ccc32)c(-n2c3ccc(-c4nc(-c5ccccc5)nc(-c5ccccc5)n4)cc3c3cc(-c4nc(-c5ccccc5)nc(-c5ccccc5)n4)ccc32)c1. The van der Waals surface area contributed by atoms with Gasteiger partial charge in [-0.1, -0.05) is 249 Å². The highest BCUT2D eigenvalue weighted by atomic mass is 15.1. The lowest BCUT2D eigenvalue weighted by Gasteiger charge is -2.18. The Balaban J connectivity index is 0.812. The summed E-state index contributed by atoms with van der Waals surface area (Å²) in [6.07, 6.45) is 3.74. The normalized spacial score (nSPS) is 11.4. The summed E-state index contributed by atoms with van der Waals surface area (Å²) < 4.78 is 4.54. The van der Waals surface area contributed by atoms with Gasteiger partial charge >= 0.3 is 0 Å². The van der Waals surface area contributed by atoms with E-state index >= 15 is 0 Å². The molecule has 7 heterocycles. The molecule has 0 radical (unpaired) electrons. The van der Waals surface area contributed by atoms with Crippen LogP contribution in [0.4, 0.5) is 0 Å². The number of pyridine rings is 1. The Kier molecular flexibility index (Phi) is 16.5. The van der Waals surface area contributed by atoms with Crippen molar-refractivity contribution in [1.29, 1.82) is 5.26 Å². The molecule has 0 unspecified atom stereocenters. The molecule has 16 nitrogen and oxygen atoms in total. The van der Waals surface area contributed by atoms with Crippen LogP contribution >= 0.6 is 0 Å². The van der Waals surface area contributed by atoms with E-state index in [9.17, 15) is 5.26 Å². The van der Waals surface area contributed by atoms with Crippen LogP contribution in [0.5, 0.6) is 0 Å². The molecule has 0 spiro atoms. The summed E-state index contributed by atoms with van der Waals surface area (Å²) >= 11 is 0. The first kappa shape index (κ1) is 65.6. The van der Waals surface area contributed by atoms with Crippen LogP contribution in [0.1, 0.15) is 5.56 Å². The second-order valence-electron chi connectivity index (χ2n) is 27.0. The highest BCUT2D eigenvalue weighted by Gasteiger charge is 2.26. The minimum Gasteiger partial charge on any atom is -0.309 e. The molecule has 20 rings (SSSR count). The van der Waals surface area contributed by atoms with E-state index in [1.54, 1.807) is 0 Å². The van der Waals surface area contributed by atoms with Gasteiger partial charge in [-0.25, -0.2) is 59.8 Å². The van der Waals surface area contributed by atoms with Gasteiger partial charge in [0.1, 0.15) is 0 Å². The van der Waals surface area contributed by atoms with Crippen molar-refractivity contribution in [3.8, 4) is 165 Å². The molecule has 7 aromatic heterocycles. The number of fused-ring (bicyclic) bond motifs is 6. The Morgan fingerprint density at radius 2 is 0.438 bits per heavy atom. The van der Waals surface area contributed by atoms with Crippen molar-refractivity contribution in [2.24, 2.45) is 0 Å². The molecule has 20 aromatic rings. The zero-order valence-corrected chi connectivity index (χ0v) is 59.6. The number of nitrogens with zero attached hydrogens (tertiary/aromatic N) is 16. The predicted octanol–water partition coefficient (Wildman–Crippen LogP) is 21.6. The predicted molar refractivity (Wildman–Crippen MR) is 442 cm³/mol. The fraction of sp³-hybridized carbons (Fsp3) is 0. The van der Waals surface area contributed by atoms with E-state index in [4.69, 9.17) is 64.8 Å². The Bertz CT molecular complexity index is 6450. The number of aromatic nitrogens is 15. The molecular formula is C96H58N16. The maximum absolute atomic E-state index is 11.1. The molecule has 0 bridgehead atoms. The summed E-state index contributed by atoms with van der Waals surface area (Å²) in [4.78, 5) is 67.0. The van der Waals surface area contributed by atoms with Gasteiger partial charge in [0.05, 0.1) is 45.1 Å². The Labute approximate surface area is 641 Å². The third kappa shape index (κ3) is 12.3. The molecular weight excluding hydrogens is 1380 g/mol. The fourth-order valence-corrected chi connectivity index (χ4v) is 14.7. The van der Waals surface area contributed by atoms with Gasteiger partial charge in [0.2, 0.25) is 0 Å². The Hall–Kier alpha value is -15.9. The second-order valence-corrected chi connectivity index (χ2v) is 27.0. The third-order valence-corrected chi connectivity index (χ3v) is 20.1. The van der Waals surface area contributed by atoms with Crippen LogP contribution in [0.3, 0.4) is 0 Å². The maximum atomic E-state index is 11.1. The molecule has 0 aliphatic carbocycles. The van der Waals surface area contributed by atoms with Gasteiger partial charge in [-0.3, -0.25) is 4.98 Å². The van der Waals surface area contributed by atoms with Crippen LogP contribution in [-0.2, 0) is 0 Å². The highest BCUT2D eigenvalue weighted by Crippen LogP contribution is 2.45. The van der Waals surface area contributed by atoms with E-state index in [1.807, 2.05) is 273 Å². The van der Waals surface area contributed by atoms with E-state index in [-0.39, 0.29) is 0 Å². The molecule has 0 amide bonds. The van der Waals surface area contributed by atoms with Crippen LogP contribution in [0.15, 0.2) is 352 Å². The summed E-state index contributed by atoms with van der Waals surface area (Å²) in [5.41, 5.74) is 17.0. The van der Waals surface area contributed by atoms with E-state index in [0.717, 1.165) is 133 Å². The summed E-state index contributed by atoms with van der Waals surface area (Å²) in [5.74, 6) is 6.34. The summed E-state index contributed by atoms with van der Waals surface area (Å²) in [7, 11) is 0. The van der Waals surface area contributed by atoms with Gasteiger partial charge in [0.15, 0.2) is 69.9 Å². The van der Waals surface area contributed by atoms with E-state index in [1.165, 1.54) is 0 Å². The Morgan fingerprint density at radius 3 is 0.679 bits per heavy atom. The molecule has 0 aliphatic heterocycles. The van der Waals surface area contributed by atoms with Crippen LogP contribution in [-0.4, -0.2) is 73.9 Å². The standard InChI is InChI=1S/C96H58N16/c97-58-60-41-46-73(84(53-60)112-81-49-44-71(95-107-89(65-33-17-5-18-34-65)101-90(108-95)66-35-19-6-20-36-66)56-76(81)77-57-72(45-50-82(77)112)96-109-91(67-37-21-7-22-38-67)102-92(110-96)68-39-23-8-24-40-68)78-59-98-52-51-83(78)111-79-47-42-69(93-103-85(61-25-9-1-10-26-61)99-86(104-93)62-27-11-2-12-28-62)54-74(79)75-55-70(43-48-80(75)111)94-105-87(63-29-13-3-14-30-63)100-88(106-94)64-31-15-4-16-32-64/h1-57,59H. The smallest absolute Gasteiger partial charge is 0.164 e. The lowest BCUT2D eigenvalue weighted by atomic mass is 10.0. The zero-order valence-electron chi connectivity index (χ0n) is 59.6. The molecule has 0 saturated heterocycles. The first-order valence-electron chi connectivity index (χ1n) is 36.6. The van der Waals surface area contributed by atoms with Crippen LogP contribution in [0, 0.1) is 11.3 Å². The van der Waals surface area contributed by atoms with Crippen molar-refractivity contribution in [1.82, 2.24) is 73.9 Å². The molecule has 0 atom stereocenters. The highest BCUT2D eigenvalue weighted by molar-refractivity contribution is 6.14. The molecule has 16 heteroatoms. The van der Waals surface area contributed by atoms with Gasteiger partial charge < -0.3 is 9.13 Å². The summed E-state index contributed by atoms with van der Waals surface area (Å²) in [6.45, 7) is 0. The first-order chi connectivity index (χ1) is 55.4. The largest absolute Gasteiger partial charge is 0.309 e. The number of hydrogen-bond donors (Lipinski definition) is 0. The lowest BCUT2D eigenvalue weighted by Crippen LogP contribution is -2.03. The molecule has 13 aromatic carbocycles. The van der Waals surface area contributed by atoms with Crippen molar-refractivity contribution in [3.05, 3.63) is 358 Å². The van der Waals surface area contributed by atoms with E-state index in [2.05, 4.69) is 94.1 Å². The molecule has 0 aliphatic rings. The summed E-state index contributed by atoms with van der Waals surface area (Å²) in [6, 6.07) is 116. The van der Waals surface area contributed by atoms with Crippen molar-refractivity contribution < 1.29 is 0 Å².